The molecule has 23 heavy (non-hydrogen) atoms. The zero-order valence-corrected chi connectivity index (χ0v) is 14.9. The van der Waals surface area contributed by atoms with E-state index in [9.17, 15) is 9.59 Å². The van der Waals surface area contributed by atoms with Crippen LogP contribution in [0.1, 0.15) is 59.3 Å². The highest BCUT2D eigenvalue weighted by atomic mass is 16.5. The second-order valence-electron chi connectivity index (χ2n) is 6.59. The normalized spacial score (nSPS) is 21.4. The maximum Gasteiger partial charge on any atom is 0.222 e. The highest BCUT2D eigenvalue weighted by Gasteiger charge is 2.27. The lowest BCUT2D eigenvalue weighted by atomic mass is 9.80. The van der Waals surface area contributed by atoms with E-state index >= 15 is 0 Å². The zero-order valence-electron chi connectivity index (χ0n) is 14.9. The predicted molar refractivity (Wildman–Crippen MR) is 90.3 cm³/mol. The molecule has 0 saturated heterocycles. The lowest BCUT2D eigenvalue weighted by molar-refractivity contribution is -0.127. The van der Waals surface area contributed by atoms with Crippen LogP contribution in [0, 0.1) is 11.8 Å². The molecule has 0 atom stereocenters. The molecule has 1 aliphatic rings. The molecule has 0 bridgehead atoms. The Morgan fingerprint density at radius 2 is 1.70 bits per heavy atom. The van der Waals surface area contributed by atoms with E-state index in [2.05, 4.69) is 5.32 Å². The quantitative estimate of drug-likeness (QED) is 0.593. The minimum Gasteiger partial charge on any atom is -0.382 e. The van der Waals surface area contributed by atoms with E-state index in [-0.39, 0.29) is 23.8 Å². The number of rotatable bonds is 11. The summed E-state index contributed by atoms with van der Waals surface area (Å²) in [5, 5.41) is 3.06. The topological polar surface area (TPSA) is 64.6 Å². The molecule has 1 N–H and O–H groups in total. The number of hydrogen-bond acceptors (Lipinski definition) is 4. The first-order chi connectivity index (χ1) is 11.0. The van der Waals surface area contributed by atoms with Crippen molar-refractivity contribution >= 4 is 11.7 Å². The molecule has 1 rings (SSSR count). The Balaban J connectivity index is 2.06. The molecule has 0 radical (unpaired) electrons. The van der Waals surface area contributed by atoms with E-state index in [1.807, 2.05) is 20.8 Å². The summed E-state index contributed by atoms with van der Waals surface area (Å²) in [6.07, 6.45) is 4.88. The maximum absolute atomic E-state index is 12.0. The lowest BCUT2D eigenvalue weighted by Crippen LogP contribution is -2.39. The van der Waals surface area contributed by atoms with Gasteiger partial charge >= 0.3 is 0 Å². The van der Waals surface area contributed by atoms with Gasteiger partial charge in [0.1, 0.15) is 5.78 Å². The smallest absolute Gasteiger partial charge is 0.222 e. The van der Waals surface area contributed by atoms with Gasteiger partial charge in [-0.1, -0.05) is 13.8 Å². The number of ketones is 1. The number of carbonyl (C=O) groups excluding carboxylic acids is 2. The third kappa shape index (κ3) is 8.47. The Labute approximate surface area is 140 Å². The summed E-state index contributed by atoms with van der Waals surface area (Å²) in [4.78, 5) is 23.9. The Hall–Kier alpha value is -0.940. The van der Waals surface area contributed by atoms with Crippen molar-refractivity contribution in [2.24, 2.45) is 11.8 Å². The van der Waals surface area contributed by atoms with Crippen molar-refractivity contribution in [2.45, 2.75) is 65.3 Å². The standard InChI is InChI=1S/C18H33NO4/c1-4-22-11-5-12-23-13-10-17(20)19-16-8-6-15(7-9-16)18(21)14(2)3/h14-16H,4-13H2,1-3H3,(H,19,20). The second kappa shape index (κ2) is 11.6. The van der Waals surface area contributed by atoms with Crippen LogP contribution in [0.2, 0.25) is 0 Å². The minimum absolute atomic E-state index is 0.0495. The third-order valence-corrected chi connectivity index (χ3v) is 4.32. The van der Waals surface area contributed by atoms with Crippen molar-refractivity contribution in [2.75, 3.05) is 26.4 Å². The maximum atomic E-state index is 12.0. The Morgan fingerprint density at radius 1 is 1.04 bits per heavy atom. The van der Waals surface area contributed by atoms with Crippen molar-refractivity contribution in [3.8, 4) is 0 Å². The van der Waals surface area contributed by atoms with E-state index in [1.54, 1.807) is 0 Å². The summed E-state index contributed by atoms with van der Waals surface area (Å²) in [5.74, 6) is 0.728. The molecule has 1 amide bonds. The number of nitrogens with one attached hydrogen (secondary N) is 1. The summed E-state index contributed by atoms with van der Waals surface area (Å²) in [6, 6.07) is 0.219. The number of Topliss-reactive ketones (excluding diaryl/α,β-unsaturated/α-hetero) is 1. The zero-order chi connectivity index (χ0) is 17.1. The van der Waals surface area contributed by atoms with Crippen LogP contribution < -0.4 is 5.32 Å². The van der Waals surface area contributed by atoms with Gasteiger partial charge in [-0.25, -0.2) is 0 Å². The van der Waals surface area contributed by atoms with Crippen LogP contribution in [0.3, 0.4) is 0 Å². The van der Waals surface area contributed by atoms with Gasteiger partial charge < -0.3 is 14.8 Å². The average molecular weight is 327 g/mol. The van der Waals surface area contributed by atoms with Crippen molar-refractivity contribution in [3.63, 3.8) is 0 Å². The van der Waals surface area contributed by atoms with Crippen LogP contribution in [-0.2, 0) is 19.1 Å². The summed E-state index contributed by atoms with van der Waals surface area (Å²) < 4.78 is 10.6. The molecule has 1 saturated carbocycles. The largest absolute Gasteiger partial charge is 0.382 e. The first-order valence-corrected chi connectivity index (χ1v) is 9.03. The number of carbonyl (C=O) groups is 2. The van der Waals surface area contributed by atoms with Crippen LogP contribution in [0.5, 0.6) is 0 Å². The van der Waals surface area contributed by atoms with E-state index in [0.717, 1.165) is 38.7 Å². The Morgan fingerprint density at radius 3 is 2.30 bits per heavy atom. The molecule has 0 aromatic heterocycles. The second-order valence-corrected chi connectivity index (χ2v) is 6.59. The van der Waals surface area contributed by atoms with Gasteiger partial charge in [0.25, 0.3) is 0 Å². The molecule has 0 aliphatic heterocycles. The molecule has 134 valence electrons. The van der Waals surface area contributed by atoms with Gasteiger partial charge in [0.15, 0.2) is 0 Å². The van der Waals surface area contributed by atoms with Crippen LogP contribution in [-0.4, -0.2) is 44.2 Å². The monoisotopic (exact) mass is 327 g/mol. The summed E-state index contributed by atoms with van der Waals surface area (Å²) in [7, 11) is 0. The molecule has 1 aliphatic carbocycles. The van der Waals surface area contributed by atoms with Crippen molar-refractivity contribution < 1.29 is 19.1 Å². The van der Waals surface area contributed by atoms with Crippen LogP contribution >= 0.6 is 0 Å². The molecule has 5 heteroatoms. The van der Waals surface area contributed by atoms with Gasteiger partial charge in [0.05, 0.1) is 6.61 Å². The van der Waals surface area contributed by atoms with Gasteiger partial charge in [0, 0.05) is 44.1 Å². The molecular formula is C18H33NO4. The highest BCUT2D eigenvalue weighted by molar-refractivity contribution is 5.83. The summed E-state index contributed by atoms with van der Waals surface area (Å²) in [5.41, 5.74) is 0. The SMILES string of the molecule is CCOCCCOCCC(=O)NC1CCC(C(=O)C(C)C)CC1. The van der Waals surface area contributed by atoms with Gasteiger partial charge in [-0.3, -0.25) is 9.59 Å². The van der Waals surface area contributed by atoms with E-state index in [1.165, 1.54) is 0 Å². The van der Waals surface area contributed by atoms with Gasteiger partial charge in [-0.2, -0.15) is 0 Å². The summed E-state index contributed by atoms with van der Waals surface area (Å²) >= 11 is 0. The van der Waals surface area contributed by atoms with Crippen molar-refractivity contribution in [1.82, 2.24) is 5.32 Å². The molecule has 1 fully saturated rings. The van der Waals surface area contributed by atoms with Crippen molar-refractivity contribution in [1.29, 1.82) is 0 Å². The van der Waals surface area contributed by atoms with E-state index < -0.39 is 0 Å². The van der Waals surface area contributed by atoms with E-state index in [4.69, 9.17) is 9.47 Å². The van der Waals surface area contributed by atoms with Crippen LogP contribution in [0.25, 0.3) is 0 Å². The molecule has 0 heterocycles. The van der Waals surface area contributed by atoms with E-state index in [0.29, 0.717) is 32.0 Å². The molecule has 5 nitrogen and oxygen atoms in total. The predicted octanol–water partition coefficient (Wildman–Crippen LogP) is 2.72. The lowest BCUT2D eigenvalue weighted by Gasteiger charge is -2.29. The first-order valence-electron chi connectivity index (χ1n) is 9.03. The van der Waals surface area contributed by atoms with Crippen LogP contribution in [0.15, 0.2) is 0 Å². The fraction of sp³-hybridized carbons (Fsp3) is 0.889. The van der Waals surface area contributed by atoms with Crippen molar-refractivity contribution in [3.05, 3.63) is 0 Å². The highest BCUT2D eigenvalue weighted by Crippen LogP contribution is 2.27. The fourth-order valence-electron chi connectivity index (χ4n) is 2.97. The minimum atomic E-state index is 0.0495. The molecule has 0 spiro atoms. The molecule has 0 unspecified atom stereocenters. The fourth-order valence-corrected chi connectivity index (χ4v) is 2.97. The molecular weight excluding hydrogens is 294 g/mol. The average Bonchev–Trinajstić information content (AvgIpc) is 2.54. The molecule has 0 aromatic rings. The third-order valence-electron chi connectivity index (χ3n) is 4.32. The van der Waals surface area contributed by atoms with Crippen LogP contribution in [0.4, 0.5) is 0 Å². The first kappa shape index (κ1) is 20.1. The van der Waals surface area contributed by atoms with Gasteiger partial charge in [0.2, 0.25) is 5.91 Å². The van der Waals surface area contributed by atoms with Gasteiger partial charge in [-0.15, -0.1) is 0 Å². The van der Waals surface area contributed by atoms with Gasteiger partial charge in [-0.05, 0) is 39.0 Å². The number of ether oxygens (including phenoxy) is 2. The Kier molecular flexibility index (Phi) is 10.1. The number of amides is 1. The number of hydrogen-bond donors (Lipinski definition) is 1. The Bertz CT molecular complexity index is 349. The summed E-state index contributed by atoms with van der Waals surface area (Å²) in [6.45, 7) is 8.43. The molecule has 0 aromatic carbocycles.